The summed E-state index contributed by atoms with van der Waals surface area (Å²) < 4.78 is 13.2. The van der Waals surface area contributed by atoms with Crippen LogP contribution in [0, 0.1) is 11.7 Å². The Labute approximate surface area is 147 Å². The summed E-state index contributed by atoms with van der Waals surface area (Å²) in [6.45, 7) is 0.818. The lowest BCUT2D eigenvalue weighted by atomic mass is 9.99. The first-order valence-electron chi connectivity index (χ1n) is 9.31. The Kier molecular flexibility index (Phi) is 4.55. The van der Waals surface area contributed by atoms with Gasteiger partial charge in [0.1, 0.15) is 5.82 Å². The third-order valence-corrected chi connectivity index (χ3v) is 5.67. The molecule has 2 heterocycles. The van der Waals surface area contributed by atoms with E-state index in [9.17, 15) is 9.18 Å². The van der Waals surface area contributed by atoms with Gasteiger partial charge < -0.3 is 4.90 Å². The highest BCUT2D eigenvalue weighted by Crippen LogP contribution is 2.38. The van der Waals surface area contributed by atoms with E-state index in [4.69, 9.17) is 0 Å². The number of likely N-dealkylation sites (tertiary alicyclic amines) is 1. The minimum Gasteiger partial charge on any atom is -0.334 e. The molecule has 0 unspecified atom stereocenters. The van der Waals surface area contributed by atoms with Crippen LogP contribution in [0.4, 0.5) is 4.39 Å². The molecule has 1 aliphatic heterocycles. The minimum absolute atomic E-state index is 0.0523. The van der Waals surface area contributed by atoms with Crippen molar-refractivity contribution in [3.05, 3.63) is 42.0 Å². The number of nitrogens with one attached hydrogen (secondary N) is 1. The van der Waals surface area contributed by atoms with Gasteiger partial charge in [0.2, 0.25) is 5.91 Å². The molecular formula is C20H24FN3O. The number of carbonyl (C=O) groups is 1. The van der Waals surface area contributed by atoms with Crippen LogP contribution in [0.2, 0.25) is 0 Å². The molecule has 1 N–H and O–H groups in total. The fourth-order valence-corrected chi connectivity index (χ4v) is 4.35. The van der Waals surface area contributed by atoms with Crippen molar-refractivity contribution < 1.29 is 9.18 Å². The zero-order chi connectivity index (χ0) is 17.2. The van der Waals surface area contributed by atoms with Crippen molar-refractivity contribution in [2.45, 2.75) is 51.0 Å². The van der Waals surface area contributed by atoms with Gasteiger partial charge in [-0.25, -0.2) is 4.39 Å². The minimum atomic E-state index is -0.247. The maximum atomic E-state index is 13.2. The van der Waals surface area contributed by atoms with E-state index < -0.39 is 0 Å². The molecule has 1 aromatic heterocycles. The zero-order valence-corrected chi connectivity index (χ0v) is 14.4. The molecule has 132 valence electrons. The molecule has 0 bridgehead atoms. The predicted octanol–water partition coefficient (Wildman–Crippen LogP) is 4.46. The molecule has 1 saturated carbocycles. The van der Waals surface area contributed by atoms with Gasteiger partial charge in [-0.3, -0.25) is 9.89 Å². The monoisotopic (exact) mass is 341 g/mol. The van der Waals surface area contributed by atoms with Crippen molar-refractivity contribution in [3.63, 3.8) is 0 Å². The van der Waals surface area contributed by atoms with Gasteiger partial charge in [0.25, 0.3) is 0 Å². The Hall–Kier alpha value is -2.17. The van der Waals surface area contributed by atoms with Crippen LogP contribution in [-0.2, 0) is 4.79 Å². The topological polar surface area (TPSA) is 49.0 Å². The summed E-state index contributed by atoms with van der Waals surface area (Å²) in [5.41, 5.74) is 2.87. The molecular weight excluding hydrogens is 317 g/mol. The zero-order valence-electron chi connectivity index (χ0n) is 14.4. The molecule has 4 rings (SSSR count). The van der Waals surface area contributed by atoms with Crippen LogP contribution in [0.3, 0.4) is 0 Å². The van der Waals surface area contributed by atoms with Gasteiger partial charge in [-0.05, 0) is 49.3 Å². The molecule has 0 spiro atoms. The van der Waals surface area contributed by atoms with Crippen molar-refractivity contribution in [2.24, 2.45) is 5.92 Å². The van der Waals surface area contributed by atoms with Crippen LogP contribution in [0.5, 0.6) is 0 Å². The van der Waals surface area contributed by atoms with Crippen LogP contribution < -0.4 is 0 Å². The highest BCUT2D eigenvalue weighted by atomic mass is 19.1. The number of rotatable bonds is 4. The number of amides is 1. The molecule has 1 amide bonds. The van der Waals surface area contributed by atoms with Crippen molar-refractivity contribution in [1.29, 1.82) is 0 Å². The Balaban J connectivity index is 1.55. The Bertz CT molecular complexity index is 734. The Morgan fingerprint density at radius 2 is 1.92 bits per heavy atom. The molecule has 4 nitrogen and oxygen atoms in total. The van der Waals surface area contributed by atoms with E-state index in [1.54, 1.807) is 18.3 Å². The molecule has 2 fully saturated rings. The second-order valence-electron chi connectivity index (χ2n) is 7.30. The van der Waals surface area contributed by atoms with Gasteiger partial charge in [0.15, 0.2) is 0 Å². The van der Waals surface area contributed by atoms with E-state index in [0.29, 0.717) is 12.3 Å². The number of halogens is 1. The number of hydrogen-bond acceptors (Lipinski definition) is 2. The third kappa shape index (κ3) is 3.32. The second-order valence-corrected chi connectivity index (χ2v) is 7.30. The summed E-state index contributed by atoms with van der Waals surface area (Å²) in [5, 5.41) is 7.31. The molecule has 2 aromatic rings. The first-order valence-corrected chi connectivity index (χ1v) is 9.31. The first kappa shape index (κ1) is 16.3. The fraction of sp³-hybridized carbons (Fsp3) is 0.500. The van der Waals surface area contributed by atoms with Crippen molar-refractivity contribution in [1.82, 2.24) is 15.1 Å². The Morgan fingerprint density at radius 3 is 2.68 bits per heavy atom. The first-order chi connectivity index (χ1) is 12.2. The number of hydrogen-bond donors (Lipinski definition) is 1. The predicted molar refractivity (Wildman–Crippen MR) is 94.2 cm³/mol. The van der Waals surface area contributed by atoms with Crippen LogP contribution in [0.15, 0.2) is 30.5 Å². The summed E-state index contributed by atoms with van der Waals surface area (Å²) in [7, 11) is 0. The van der Waals surface area contributed by atoms with Gasteiger partial charge in [0, 0.05) is 18.5 Å². The summed E-state index contributed by atoms with van der Waals surface area (Å²) in [6.07, 6.45) is 9.32. The van der Waals surface area contributed by atoms with Crippen molar-refractivity contribution in [2.75, 3.05) is 6.54 Å². The molecule has 1 aromatic carbocycles. The van der Waals surface area contributed by atoms with Gasteiger partial charge in [0.05, 0.1) is 17.9 Å². The maximum Gasteiger partial charge on any atom is 0.223 e. The van der Waals surface area contributed by atoms with Gasteiger partial charge in [-0.2, -0.15) is 5.10 Å². The standard InChI is InChI=1S/C20H24FN3O/c21-16-9-7-15(8-10-16)17-13-22-23-20(17)18-6-3-11-24(18)19(25)12-14-4-1-2-5-14/h7-10,13-14,18H,1-6,11-12H2,(H,22,23)/t18-/m1/s1. The smallest absolute Gasteiger partial charge is 0.223 e. The number of carbonyl (C=O) groups excluding carboxylic acids is 1. The van der Waals surface area contributed by atoms with Gasteiger partial charge in [-0.15, -0.1) is 0 Å². The highest BCUT2D eigenvalue weighted by molar-refractivity contribution is 5.78. The summed E-state index contributed by atoms with van der Waals surface area (Å²) in [4.78, 5) is 14.9. The number of H-pyrrole nitrogens is 1. The lowest BCUT2D eigenvalue weighted by molar-refractivity contribution is -0.133. The summed E-state index contributed by atoms with van der Waals surface area (Å²) in [5.74, 6) is 0.587. The van der Waals surface area contributed by atoms with Crippen molar-refractivity contribution >= 4 is 5.91 Å². The van der Waals surface area contributed by atoms with E-state index in [-0.39, 0.29) is 17.8 Å². The van der Waals surface area contributed by atoms with E-state index in [1.165, 1.54) is 37.8 Å². The largest absolute Gasteiger partial charge is 0.334 e. The van der Waals surface area contributed by atoms with E-state index in [0.717, 1.165) is 36.2 Å². The quantitative estimate of drug-likeness (QED) is 0.892. The van der Waals surface area contributed by atoms with Crippen molar-refractivity contribution in [3.8, 4) is 11.1 Å². The molecule has 25 heavy (non-hydrogen) atoms. The average molecular weight is 341 g/mol. The van der Waals surface area contributed by atoms with Gasteiger partial charge >= 0.3 is 0 Å². The van der Waals surface area contributed by atoms with Crippen LogP contribution >= 0.6 is 0 Å². The highest BCUT2D eigenvalue weighted by Gasteiger charge is 2.34. The molecule has 2 aliphatic rings. The van der Waals surface area contributed by atoms with Crippen LogP contribution in [0.25, 0.3) is 11.1 Å². The number of benzene rings is 1. The average Bonchev–Trinajstić information content (AvgIpc) is 3.36. The summed E-state index contributed by atoms with van der Waals surface area (Å²) >= 11 is 0. The number of nitrogens with zero attached hydrogens (tertiary/aromatic N) is 2. The van der Waals surface area contributed by atoms with E-state index in [2.05, 4.69) is 10.2 Å². The number of aromatic nitrogens is 2. The lowest BCUT2D eigenvalue weighted by Gasteiger charge is -2.26. The second kappa shape index (κ2) is 6.98. The molecule has 1 atom stereocenters. The van der Waals surface area contributed by atoms with Crippen LogP contribution in [0.1, 0.15) is 56.7 Å². The molecule has 1 aliphatic carbocycles. The molecule has 1 saturated heterocycles. The SMILES string of the molecule is O=C(CC1CCCC1)N1CCC[C@@H]1c1[nH]ncc1-c1ccc(F)cc1. The third-order valence-electron chi connectivity index (χ3n) is 5.67. The normalized spacial score (nSPS) is 21.2. The van der Waals surface area contributed by atoms with Crippen LogP contribution in [-0.4, -0.2) is 27.5 Å². The van der Waals surface area contributed by atoms with Gasteiger partial charge in [-0.1, -0.05) is 25.0 Å². The molecule has 5 heteroatoms. The lowest BCUT2D eigenvalue weighted by Crippen LogP contribution is -2.32. The molecule has 0 radical (unpaired) electrons. The summed E-state index contributed by atoms with van der Waals surface area (Å²) in [6, 6.07) is 6.51. The fourth-order valence-electron chi connectivity index (χ4n) is 4.35. The van der Waals surface area contributed by atoms with E-state index >= 15 is 0 Å². The maximum absolute atomic E-state index is 13.2. The number of aromatic amines is 1. The van der Waals surface area contributed by atoms with E-state index in [1.807, 2.05) is 4.90 Å². The Morgan fingerprint density at radius 1 is 1.16 bits per heavy atom.